The van der Waals surface area contributed by atoms with E-state index in [1.807, 2.05) is 0 Å². The van der Waals surface area contributed by atoms with Crippen LogP contribution in [0.3, 0.4) is 0 Å². The number of amides is 3. The van der Waals surface area contributed by atoms with Gasteiger partial charge in [0.15, 0.2) is 0 Å². The van der Waals surface area contributed by atoms with Gasteiger partial charge in [-0.05, 0) is 12.8 Å². The zero-order chi connectivity index (χ0) is 15.1. The molecule has 20 heavy (non-hydrogen) atoms. The second kappa shape index (κ2) is 8.06. The fraction of sp³-hybridized carbons (Fsp3) is 0.846. The second-order valence-electron chi connectivity index (χ2n) is 5.23. The minimum absolute atomic E-state index is 0.0848. The molecule has 1 saturated heterocycles. The van der Waals surface area contributed by atoms with E-state index >= 15 is 0 Å². The van der Waals surface area contributed by atoms with Crippen molar-refractivity contribution >= 4 is 11.9 Å². The molecule has 0 aromatic heterocycles. The number of piperidine rings is 1. The maximum Gasteiger partial charge on any atom is 0.319 e. The Morgan fingerprint density at radius 3 is 2.30 bits per heavy atom. The lowest BCUT2D eigenvalue weighted by Gasteiger charge is -2.35. The van der Waals surface area contributed by atoms with Crippen LogP contribution in [0.25, 0.3) is 0 Å². The van der Waals surface area contributed by atoms with Crippen LogP contribution in [0.5, 0.6) is 0 Å². The van der Waals surface area contributed by atoms with Gasteiger partial charge >= 0.3 is 6.03 Å². The molecule has 0 aromatic rings. The topological polar surface area (TPSA) is 84.3 Å². The van der Waals surface area contributed by atoms with Crippen molar-refractivity contribution in [3.63, 3.8) is 0 Å². The molecule has 0 radical (unpaired) electrons. The number of aliphatic hydroxyl groups is 2. The average Bonchev–Trinajstić information content (AvgIpc) is 2.45. The predicted molar refractivity (Wildman–Crippen MR) is 74.1 cm³/mol. The number of aliphatic hydroxyl groups excluding tert-OH is 2. The smallest absolute Gasteiger partial charge is 0.319 e. The highest BCUT2D eigenvalue weighted by Gasteiger charge is 2.31. The number of carbonyl (C=O) groups is 2. The standard InChI is InChI=1S/C13H25N3O4/c1-14(2)13(20)16-5-3-4-11(10-16)12(19)15(6-8-17)7-9-18/h11,17-18H,3-10H2,1-2H3. The molecule has 0 saturated carbocycles. The minimum Gasteiger partial charge on any atom is -0.395 e. The summed E-state index contributed by atoms with van der Waals surface area (Å²) in [6, 6.07) is -0.0848. The third-order valence-corrected chi connectivity index (χ3v) is 3.48. The van der Waals surface area contributed by atoms with Crippen molar-refractivity contribution in [1.82, 2.24) is 14.7 Å². The summed E-state index contributed by atoms with van der Waals surface area (Å²) in [6.45, 7) is 1.26. The summed E-state index contributed by atoms with van der Waals surface area (Å²) in [4.78, 5) is 29.0. The Bertz CT molecular complexity index is 330. The van der Waals surface area contributed by atoms with E-state index in [2.05, 4.69) is 0 Å². The molecule has 2 N–H and O–H groups in total. The van der Waals surface area contributed by atoms with Crippen LogP contribution >= 0.6 is 0 Å². The number of hydrogen-bond donors (Lipinski definition) is 2. The highest BCUT2D eigenvalue weighted by molar-refractivity contribution is 5.81. The maximum absolute atomic E-state index is 12.4. The molecule has 1 rings (SSSR count). The van der Waals surface area contributed by atoms with Gasteiger partial charge in [-0.2, -0.15) is 0 Å². The third-order valence-electron chi connectivity index (χ3n) is 3.48. The molecule has 3 amide bonds. The first-order chi connectivity index (χ1) is 9.51. The van der Waals surface area contributed by atoms with Gasteiger partial charge in [-0.25, -0.2) is 4.79 Å². The molecule has 1 aliphatic heterocycles. The van der Waals surface area contributed by atoms with E-state index in [0.717, 1.165) is 12.8 Å². The van der Waals surface area contributed by atoms with Crippen molar-refractivity contribution in [2.75, 3.05) is 53.5 Å². The Hall–Kier alpha value is -1.34. The first kappa shape index (κ1) is 16.7. The van der Waals surface area contributed by atoms with E-state index in [9.17, 15) is 9.59 Å². The summed E-state index contributed by atoms with van der Waals surface area (Å²) in [6.07, 6.45) is 1.53. The SMILES string of the molecule is CN(C)C(=O)N1CCCC(C(=O)N(CCO)CCO)C1. The van der Waals surface area contributed by atoms with E-state index in [-0.39, 0.29) is 44.2 Å². The van der Waals surface area contributed by atoms with Crippen molar-refractivity contribution in [3.05, 3.63) is 0 Å². The van der Waals surface area contributed by atoms with Crippen LogP contribution in [0, 0.1) is 5.92 Å². The number of rotatable bonds is 5. The number of nitrogens with zero attached hydrogens (tertiary/aromatic N) is 3. The lowest BCUT2D eigenvalue weighted by atomic mass is 9.96. The summed E-state index contributed by atoms with van der Waals surface area (Å²) in [5.41, 5.74) is 0. The normalized spacial score (nSPS) is 18.8. The van der Waals surface area contributed by atoms with Gasteiger partial charge in [-0.1, -0.05) is 0 Å². The van der Waals surface area contributed by atoms with Crippen LogP contribution in [-0.2, 0) is 4.79 Å². The van der Waals surface area contributed by atoms with E-state index < -0.39 is 0 Å². The predicted octanol–water partition coefficient (Wildman–Crippen LogP) is -0.807. The molecule has 1 fully saturated rings. The molecule has 0 aromatic carbocycles. The molecular formula is C13H25N3O4. The van der Waals surface area contributed by atoms with Gasteiger partial charge in [-0.3, -0.25) is 4.79 Å². The van der Waals surface area contributed by atoms with Gasteiger partial charge in [0.05, 0.1) is 19.1 Å². The van der Waals surface area contributed by atoms with E-state index in [0.29, 0.717) is 13.1 Å². The van der Waals surface area contributed by atoms with Gasteiger partial charge in [0.25, 0.3) is 0 Å². The van der Waals surface area contributed by atoms with Crippen molar-refractivity contribution in [3.8, 4) is 0 Å². The minimum atomic E-state index is -0.245. The fourth-order valence-corrected chi connectivity index (χ4v) is 2.47. The van der Waals surface area contributed by atoms with Crippen LogP contribution in [0.4, 0.5) is 4.79 Å². The monoisotopic (exact) mass is 287 g/mol. The second-order valence-corrected chi connectivity index (χ2v) is 5.23. The van der Waals surface area contributed by atoms with Crippen LogP contribution in [0.1, 0.15) is 12.8 Å². The zero-order valence-corrected chi connectivity index (χ0v) is 12.3. The summed E-state index contributed by atoms with van der Waals surface area (Å²) < 4.78 is 0. The quantitative estimate of drug-likeness (QED) is 0.693. The van der Waals surface area contributed by atoms with Crippen LogP contribution < -0.4 is 0 Å². The number of likely N-dealkylation sites (tertiary alicyclic amines) is 1. The largest absolute Gasteiger partial charge is 0.395 e. The lowest BCUT2D eigenvalue weighted by Crippen LogP contribution is -2.50. The van der Waals surface area contributed by atoms with E-state index in [1.54, 1.807) is 19.0 Å². The molecule has 0 bridgehead atoms. The molecule has 116 valence electrons. The molecule has 1 heterocycles. The molecule has 1 unspecified atom stereocenters. The molecule has 7 heteroatoms. The van der Waals surface area contributed by atoms with Crippen molar-refractivity contribution < 1.29 is 19.8 Å². The Kier molecular flexibility index (Phi) is 6.74. The van der Waals surface area contributed by atoms with Crippen molar-refractivity contribution in [1.29, 1.82) is 0 Å². The first-order valence-corrected chi connectivity index (χ1v) is 6.98. The van der Waals surface area contributed by atoms with E-state index in [1.165, 1.54) is 9.80 Å². The van der Waals surface area contributed by atoms with Crippen LogP contribution in [-0.4, -0.2) is 90.3 Å². The molecule has 1 atom stereocenters. The van der Waals surface area contributed by atoms with Crippen molar-refractivity contribution in [2.24, 2.45) is 5.92 Å². The van der Waals surface area contributed by atoms with Crippen molar-refractivity contribution in [2.45, 2.75) is 12.8 Å². The lowest BCUT2D eigenvalue weighted by molar-refractivity contribution is -0.138. The molecular weight excluding hydrogens is 262 g/mol. The fourth-order valence-electron chi connectivity index (χ4n) is 2.47. The number of urea groups is 1. The number of carbonyl (C=O) groups excluding carboxylic acids is 2. The summed E-state index contributed by atoms with van der Waals surface area (Å²) in [5.74, 6) is -0.338. The summed E-state index contributed by atoms with van der Waals surface area (Å²) in [7, 11) is 3.38. The first-order valence-electron chi connectivity index (χ1n) is 6.98. The van der Waals surface area contributed by atoms with Crippen LogP contribution in [0.15, 0.2) is 0 Å². The highest BCUT2D eigenvalue weighted by atomic mass is 16.3. The molecule has 0 aliphatic carbocycles. The van der Waals surface area contributed by atoms with Gasteiger partial charge in [0.1, 0.15) is 0 Å². The third kappa shape index (κ3) is 4.35. The summed E-state index contributed by atoms with van der Waals surface area (Å²) in [5, 5.41) is 18.0. The molecule has 7 nitrogen and oxygen atoms in total. The summed E-state index contributed by atoms with van der Waals surface area (Å²) >= 11 is 0. The molecule has 0 spiro atoms. The number of hydrogen-bond acceptors (Lipinski definition) is 4. The zero-order valence-electron chi connectivity index (χ0n) is 12.3. The van der Waals surface area contributed by atoms with Gasteiger partial charge < -0.3 is 24.9 Å². The van der Waals surface area contributed by atoms with Gasteiger partial charge in [0, 0.05) is 40.3 Å². The highest BCUT2D eigenvalue weighted by Crippen LogP contribution is 2.19. The average molecular weight is 287 g/mol. The maximum atomic E-state index is 12.4. The van der Waals surface area contributed by atoms with Gasteiger partial charge in [-0.15, -0.1) is 0 Å². The van der Waals surface area contributed by atoms with Crippen LogP contribution in [0.2, 0.25) is 0 Å². The Morgan fingerprint density at radius 1 is 1.20 bits per heavy atom. The van der Waals surface area contributed by atoms with E-state index in [4.69, 9.17) is 10.2 Å². The Balaban J connectivity index is 2.65. The Morgan fingerprint density at radius 2 is 1.80 bits per heavy atom. The molecule has 1 aliphatic rings. The Labute approximate surface area is 119 Å². The van der Waals surface area contributed by atoms with Gasteiger partial charge in [0.2, 0.25) is 5.91 Å².